The van der Waals surface area contributed by atoms with Gasteiger partial charge < -0.3 is 19.1 Å². The van der Waals surface area contributed by atoms with Crippen molar-refractivity contribution in [2.24, 2.45) is 10.2 Å². The maximum Gasteiger partial charge on any atom is 0.302 e. The highest BCUT2D eigenvalue weighted by Crippen LogP contribution is 2.39. The molecule has 0 unspecified atom stereocenters. The van der Waals surface area contributed by atoms with Gasteiger partial charge in [0.25, 0.3) is 0 Å². The Balaban J connectivity index is 1.82. The Morgan fingerprint density at radius 2 is 2.12 bits per heavy atom. The van der Waals surface area contributed by atoms with Gasteiger partial charge in [-0.3, -0.25) is 4.79 Å². The quantitative estimate of drug-likeness (QED) is 0.438. The Labute approximate surface area is 193 Å². The Bertz CT molecular complexity index is 1230. The van der Waals surface area contributed by atoms with Crippen LogP contribution in [0.5, 0.6) is 11.8 Å². The minimum atomic E-state index is -0.684. The molecule has 1 N–H and O–H groups in total. The van der Waals surface area contributed by atoms with Crippen LogP contribution in [0.4, 0.5) is 5.69 Å². The second kappa shape index (κ2) is 10.3. The molecule has 32 heavy (non-hydrogen) atoms. The number of carbonyl (C=O) groups excluding carboxylic acids is 1. The highest BCUT2D eigenvalue weighted by atomic mass is 79.9. The van der Waals surface area contributed by atoms with E-state index in [-0.39, 0.29) is 29.6 Å². The number of aryl methyl sites for hydroxylation is 2. The van der Waals surface area contributed by atoms with Crippen molar-refractivity contribution in [1.29, 1.82) is 5.26 Å². The number of nitriles is 1. The SMILES string of the molecule is CCCn1c(O)c(N=NC(=O)COc2nc(C)c(Br)c(COC)c2C#N)c2ccccc21. The number of nitrogens with zero attached hydrogens (tertiary/aromatic N) is 5. The number of methoxy groups -OCH3 is 1. The standard InChI is InChI=1S/C22H22BrN5O4/c1-4-9-28-17-8-6-5-7-14(17)20(22(28)30)27-26-18(29)12-32-21-15(10-24)16(11-31-3)19(23)13(2)25-21/h5-8,30H,4,9,11-12H2,1-3H3. The van der Waals surface area contributed by atoms with Gasteiger partial charge in [0.1, 0.15) is 11.6 Å². The number of aromatic hydroxyl groups is 1. The van der Waals surface area contributed by atoms with E-state index in [4.69, 9.17) is 9.47 Å². The zero-order valence-corrected chi connectivity index (χ0v) is 19.5. The van der Waals surface area contributed by atoms with E-state index < -0.39 is 12.5 Å². The summed E-state index contributed by atoms with van der Waals surface area (Å²) < 4.78 is 13.0. The predicted molar refractivity (Wildman–Crippen MR) is 121 cm³/mol. The second-order valence-corrected chi connectivity index (χ2v) is 7.73. The van der Waals surface area contributed by atoms with Crippen LogP contribution in [0.3, 0.4) is 0 Å². The topological polar surface area (TPSA) is 122 Å². The van der Waals surface area contributed by atoms with Crippen molar-refractivity contribution in [2.45, 2.75) is 33.4 Å². The lowest BCUT2D eigenvalue weighted by Gasteiger charge is -2.12. The van der Waals surface area contributed by atoms with E-state index in [0.29, 0.717) is 27.7 Å². The van der Waals surface area contributed by atoms with Crippen LogP contribution in [0.25, 0.3) is 10.9 Å². The van der Waals surface area contributed by atoms with Crippen molar-refractivity contribution >= 4 is 38.4 Å². The number of halogens is 1. The number of fused-ring (bicyclic) bond motifs is 1. The largest absolute Gasteiger partial charge is 0.493 e. The van der Waals surface area contributed by atoms with Gasteiger partial charge in [-0.15, -0.1) is 10.2 Å². The van der Waals surface area contributed by atoms with Crippen LogP contribution < -0.4 is 4.74 Å². The number of carbonyl (C=O) groups is 1. The highest BCUT2D eigenvalue weighted by molar-refractivity contribution is 9.10. The zero-order valence-electron chi connectivity index (χ0n) is 17.9. The summed E-state index contributed by atoms with van der Waals surface area (Å²) in [6.07, 6.45) is 0.821. The molecule has 0 aliphatic carbocycles. The summed E-state index contributed by atoms with van der Waals surface area (Å²) in [5, 5.41) is 28.5. The number of ether oxygens (including phenoxy) is 2. The second-order valence-electron chi connectivity index (χ2n) is 6.94. The first-order chi connectivity index (χ1) is 15.4. The van der Waals surface area contributed by atoms with Crippen molar-refractivity contribution in [3.63, 3.8) is 0 Å². The molecule has 0 atom stereocenters. The molecule has 0 saturated heterocycles. The molecule has 3 rings (SSSR count). The van der Waals surface area contributed by atoms with Gasteiger partial charge in [-0.25, -0.2) is 4.98 Å². The first kappa shape index (κ1) is 23.4. The third-order valence-electron chi connectivity index (χ3n) is 4.73. The molecule has 0 bridgehead atoms. The van der Waals surface area contributed by atoms with Crippen LogP contribution in [0.15, 0.2) is 39.0 Å². The fourth-order valence-electron chi connectivity index (χ4n) is 3.30. The highest BCUT2D eigenvalue weighted by Gasteiger charge is 2.19. The van der Waals surface area contributed by atoms with Gasteiger partial charge in [0.15, 0.2) is 12.3 Å². The van der Waals surface area contributed by atoms with Crippen molar-refractivity contribution in [3.05, 3.63) is 45.6 Å². The predicted octanol–water partition coefficient (Wildman–Crippen LogP) is 4.93. The molecule has 0 radical (unpaired) electrons. The van der Waals surface area contributed by atoms with Crippen molar-refractivity contribution in [3.8, 4) is 17.8 Å². The van der Waals surface area contributed by atoms with E-state index in [1.54, 1.807) is 11.5 Å². The smallest absolute Gasteiger partial charge is 0.302 e. The average Bonchev–Trinajstić information content (AvgIpc) is 3.05. The molecule has 0 saturated carbocycles. The molecule has 1 aromatic carbocycles. The molecule has 0 spiro atoms. The lowest BCUT2D eigenvalue weighted by molar-refractivity contribution is -0.120. The first-order valence-corrected chi connectivity index (χ1v) is 10.7. The van der Waals surface area contributed by atoms with Crippen LogP contribution in [-0.2, 0) is 22.7 Å². The van der Waals surface area contributed by atoms with Gasteiger partial charge in [-0.1, -0.05) is 25.1 Å². The van der Waals surface area contributed by atoms with Gasteiger partial charge in [0.2, 0.25) is 11.8 Å². The number of amides is 1. The maximum atomic E-state index is 12.3. The Kier molecular flexibility index (Phi) is 7.56. The van der Waals surface area contributed by atoms with Gasteiger partial charge >= 0.3 is 5.91 Å². The molecule has 0 aliphatic heterocycles. The summed E-state index contributed by atoms with van der Waals surface area (Å²) in [6, 6.07) is 9.41. The van der Waals surface area contributed by atoms with Gasteiger partial charge in [-0.05, 0) is 35.3 Å². The normalized spacial score (nSPS) is 11.2. The maximum absolute atomic E-state index is 12.3. The summed E-state index contributed by atoms with van der Waals surface area (Å²) >= 11 is 3.40. The molecule has 2 heterocycles. The summed E-state index contributed by atoms with van der Waals surface area (Å²) in [5.41, 5.74) is 2.38. The summed E-state index contributed by atoms with van der Waals surface area (Å²) in [4.78, 5) is 16.6. The lowest BCUT2D eigenvalue weighted by Crippen LogP contribution is -2.12. The fraction of sp³-hybridized carbons (Fsp3) is 0.318. The van der Waals surface area contributed by atoms with Gasteiger partial charge in [0, 0.05) is 29.1 Å². The number of pyridine rings is 1. The lowest BCUT2D eigenvalue weighted by atomic mass is 10.1. The molecular weight excluding hydrogens is 478 g/mol. The van der Waals surface area contributed by atoms with Crippen LogP contribution in [-0.4, -0.2) is 34.3 Å². The van der Waals surface area contributed by atoms with Crippen LogP contribution in [0.1, 0.15) is 30.2 Å². The Morgan fingerprint density at radius 3 is 2.81 bits per heavy atom. The van der Waals surface area contributed by atoms with E-state index in [2.05, 4.69) is 31.1 Å². The number of azo groups is 1. The monoisotopic (exact) mass is 499 g/mol. The number of hydrogen-bond donors (Lipinski definition) is 1. The van der Waals surface area contributed by atoms with Crippen molar-refractivity contribution in [1.82, 2.24) is 9.55 Å². The number of rotatable bonds is 8. The van der Waals surface area contributed by atoms with Crippen LogP contribution in [0, 0.1) is 18.3 Å². The average molecular weight is 500 g/mol. The van der Waals surface area contributed by atoms with E-state index in [1.807, 2.05) is 37.3 Å². The molecule has 166 valence electrons. The van der Waals surface area contributed by atoms with Crippen molar-refractivity contribution in [2.75, 3.05) is 13.7 Å². The van der Waals surface area contributed by atoms with Crippen LogP contribution >= 0.6 is 15.9 Å². The molecule has 2 aromatic heterocycles. The molecule has 0 fully saturated rings. The zero-order chi connectivity index (χ0) is 23.3. The van der Waals surface area contributed by atoms with E-state index in [1.165, 1.54) is 7.11 Å². The summed E-state index contributed by atoms with van der Waals surface area (Å²) in [6.45, 7) is 4.06. The van der Waals surface area contributed by atoms with Crippen LogP contribution in [0.2, 0.25) is 0 Å². The fourth-order valence-corrected chi connectivity index (χ4v) is 3.70. The minimum Gasteiger partial charge on any atom is -0.493 e. The number of para-hydroxylation sites is 1. The molecular formula is C22H22BrN5O4. The molecule has 1 amide bonds. The van der Waals surface area contributed by atoms with E-state index in [0.717, 1.165) is 11.9 Å². The molecule has 3 aromatic rings. The Hall–Kier alpha value is -3.29. The minimum absolute atomic E-state index is 0.0196. The molecule has 9 nitrogen and oxygen atoms in total. The molecule has 0 aliphatic rings. The third kappa shape index (κ3) is 4.64. The number of hydrogen-bond acceptors (Lipinski definition) is 7. The third-order valence-corrected chi connectivity index (χ3v) is 5.78. The van der Waals surface area contributed by atoms with E-state index in [9.17, 15) is 15.2 Å². The summed E-state index contributed by atoms with van der Waals surface area (Å²) in [5.74, 6) is -0.714. The Morgan fingerprint density at radius 1 is 1.38 bits per heavy atom. The number of benzene rings is 1. The first-order valence-electron chi connectivity index (χ1n) is 9.88. The van der Waals surface area contributed by atoms with Gasteiger partial charge in [0.05, 0.1) is 17.8 Å². The molecule has 10 heteroatoms. The van der Waals surface area contributed by atoms with Crippen molar-refractivity contribution < 1.29 is 19.4 Å². The van der Waals surface area contributed by atoms with E-state index >= 15 is 0 Å². The number of aromatic nitrogens is 2. The summed E-state index contributed by atoms with van der Waals surface area (Å²) in [7, 11) is 1.51. The van der Waals surface area contributed by atoms with Gasteiger partial charge in [-0.2, -0.15) is 5.26 Å².